The molecule has 10 heteroatoms. The van der Waals surface area contributed by atoms with E-state index in [1.165, 1.54) is 36.5 Å². The number of nitrogens with zero attached hydrogens (tertiary/aromatic N) is 1. The minimum absolute atomic E-state index is 0.146. The van der Waals surface area contributed by atoms with Crippen molar-refractivity contribution in [2.45, 2.75) is 18.4 Å². The van der Waals surface area contributed by atoms with Gasteiger partial charge in [-0.2, -0.15) is 13.9 Å². The van der Waals surface area contributed by atoms with Crippen molar-refractivity contribution >= 4 is 17.6 Å². The largest absolute Gasteiger partial charge is 0.383 e. The molecule has 0 aliphatic carbocycles. The molecule has 0 saturated carbocycles. The van der Waals surface area contributed by atoms with Gasteiger partial charge in [-0.1, -0.05) is 30.3 Å². The summed E-state index contributed by atoms with van der Waals surface area (Å²) in [4.78, 5) is 23.7. The third-order valence-corrected chi connectivity index (χ3v) is 3.01. The number of hydrogen-bond donors (Lipinski definition) is 3. The van der Waals surface area contributed by atoms with Crippen molar-refractivity contribution in [2.75, 3.05) is 5.32 Å². The lowest BCUT2D eigenvalue weighted by Gasteiger charge is -2.21. The van der Waals surface area contributed by atoms with E-state index < -0.39 is 30.2 Å². The Morgan fingerprint density at radius 2 is 1.79 bits per heavy atom. The van der Waals surface area contributed by atoms with Crippen LogP contribution in [-0.4, -0.2) is 34.4 Å². The molecule has 1 atom stereocenters. The van der Waals surface area contributed by atoms with Gasteiger partial charge in [0.05, 0.1) is 6.20 Å². The first kappa shape index (κ1) is 17.4. The molecule has 3 N–H and O–H groups in total. The van der Waals surface area contributed by atoms with E-state index in [0.29, 0.717) is 0 Å². The van der Waals surface area contributed by atoms with Gasteiger partial charge in [0.2, 0.25) is 0 Å². The first-order valence-corrected chi connectivity index (χ1v) is 6.64. The number of benzene rings is 1. The lowest BCUT2D eigenvalue weighted by atomic mass is 10.1. The second-order valence-electron chi connectivity index (χ2n) is 4.70. The van der Waals surface area contributed by atoms with Crippen LogP contribution in [0.2, 0.25) is 0 Å². The predicted octanol–water partition coefficient (Wildman–Crippen LogP) is 2.11. The molecule has 0 aliphatic rings. The summed E-state index contributed by atoms with van der Waals surface area (Å²) < 4.78 is 50.9. The maximum Gasteiger partial charge on any atom is 0.383 e. The Morgan fingerprint density at radius 1 is 1.12 bits per heavy atom. The molecule has 6 nitrogen and oxygen atoms in total. The number of anilines is 1. The van der Waals surface area contributed by atoms with Crippen LogP contribution in [0.15, 0.2) is 42.6 Å². The minimum Gasteiger partial charge on any atom is -0.335 e. The zero-order valence-corrected chi connectivity index (χ0v) is 12.0. The van der Waals surface area contributed by atoms with Crippen LogP contribution in [0.1, 0.15) is 11.6 Å². The highest BCUT2D eigenvalue weighted by Crippen LogP contribution is 2.25. The fourth-order valence-electron chi connectivity index (χ4n) is 1.80. The zero-order chi connectivity index (χ0) is 17.7. The topological polar surface area (TPSA) is 86.9 Å². The van der Waals surface area contributed by atoms with Crippen LogP contribution in [0.5, 0.6) is 0 Å². The minimum atomic E-state index is -4.92. The van der Waals surface area contributed by atoms with Crippen molar-refractivity contribution in [1.82, 2.24) is 15.5 Å². The molecule has 0 aliphatic heterocycles. The number of carbonyl (C=O) groups is 2. The Labute approximate surface area is 133 Å². The summed E-state index contributed by atoms with van der Waals surface area (Å²) in [5, 5.41) is 9.95. The standard InChI is InChI=1S/C14H12F4N4O2/c15-12(16)14(17,18)13(24)21-10(8-4-2-1-3-5-8)11(23)20-9-6-7-19-22-9/h1-7,10,12H,(H,21,24)(H2,19,20,22,23)/t10-/m1/s1. The SMILES string of the molecule is O=C(Nc1ccn[nH]1)[C@H](NC(=O)C(F)(F)C(F)F)c1ccccc1. The molecule has 0 fully saturated rings. The van der Waals surface area contributed by atoms with E-state index in [0.717, 1.165) is 0 Å². The summed E-state index contributed by atoms with van der Waals surface area (Å²) >= 11 is 0. The van der Waals surface area contributed by atoms with Crippen LogP contribution < -0.4 is 10.6 Å². The number of aromatic nitrogens is 2. The molecule has 0 saturated heterocycles. The molecule has 24 heavy (non-hydrogen) atoms. The lowest BCUT2D eigenvalue weighted by molar-refractivity contribution is -0.170. The van der Waals surface area contributed by atoms with Crippen LogP contribution in [0.3, 0.4) is 0 Å². The molecule has 128 valence electrons. The molecule has 1 heterocycles. The Morgan fingerprint density at radius 3 is 2.33 bits per heavy atom. The Kier molecular flexibility index (Phi) is 5.17. The summed E-state index contributed by atoms with van der Waals surface area (Å²) in [6.45, 7) is 0. The lowest BCUT2D eigenvalue weighted by Crippen LogP contribution is -2.48. The number of aromatic amines is 1. The zero-order valence-electron chi connectivity index (χ0n) is 12.0. The Balaban J connectivity index is 2.24. The van der Waals surface area contributed by atoms with E-state index in [2.05, 4.69) is 15.5 Å². The first-order chi connectivity index (χ1) is 11.3. The van der Waals surface area contributed by atoms with Crippen molar-refractivity contribution in [1.29, 1.82) is 0 Å². The predicted molar refractivity (Wildman–Crippen MR) is 75.5 cm³/mol. The number of carbonyl (C=O) groups excluding carboxylic acids is 2. The third-order valence-electron chi connectivity index (χ3n) is 3.01. The van der Waals surface area contributed by atoms with Crippen LogP contribution in [0.25, 0.3) is 0 Å². The molecule has 2 aromatic rings. The number of halogens is 4. The van der Waals surface area contributed by atoms with Gasteiger partial charge in [-0.05, 0) is 5.56 Å². The smallest absolute Gasteiger partial charge is 0.335 e. The van der Waals surface area contributed by atoms with Crippen molar-refractivity contribution < 1.29 is 27.2 Å². The third kappa shape index (κ3) is 3.89. The van der Waals surface area contributed by atoms with Gasteiger partial charge in [-0.3, -0.25) is 14.7 Å². The Bertz CT molecular complexity index is 692. The van der Waals surface area contributed by atoms with Gasteiger partial charge in [-0.15, -0.1) is 0 Å². The molecule has 2 amide bonds. The maximum atomic E-state index is 13.1. The number of hydrogen-bond acceptors (Lipinski definition) is 3. The van der Waals surface area contributed by atoms with E-state index in [1.807, 2.05) is 0 Å². The number of amides is 2. The van der Waals surface area contributed by atoms with Gasteiger partial charge in [-0.25, -0.2) is 8.78 Å². The first-order valence-electron chi connectivity index (χ1n) is 6.64. The van der Waals surface area contributed by atoms with Crippen LogP contribution in [0.4, 0.5) is 23.4 Å². The number of nitrogens with one attached hydrogen (secondary N) is 3. The molecule has 2 rings (SSSR count). The average molecular weight is 344 g/mol. The monoisotopic (exact) mass is 344 g/mol. The summed E-state index contributed by atoms with van der Waals surface area (Å²) in [5.41, 5.74) is 0.146. The van der Waals surface area contributed by atoms with Crippen LogP contribution in [0, 0.1) is 0 Å². The van der Waals surface area contributed by atoms with E-state index in [4.69, 9.17) is 0 Å². The highest BCUT2D eigenvalue weighted by Gasteiger charge is 2.50. The van der Waals surface area contributed by atoms with Gasteiger partial charge in [0, 0.05) is 6.07 Å². The summed E-state index contributed by atoms with van der Waals surface area (Å²) in [5.74, 6) is -7.91. The Hall–Kier alpha value is -2.91. The van der Waals surface area contributed by atoms with Crippen molar-refractivity contribution in [2.24, 2.45) is 0 Å². The summed E-state index contributed by atoms with van der Waals surface area (Å²) in [6.07, 6.45) is -2.86. The average Bonchev–Trinajstić information content (AvgIpc) is 3.05. The van der Waals surface area contributed by atoms with Crippen molar-refractivity contribution in [3.63, 3.8) is 0 Å². The van der Waals surface area contributed by atoms with Crippen LogP contribution >= 0.6 is 0 Å². The number of rotatable bonds is 6. The second kappa shape index (κ2) is 7.11. The molecule has 1 aromatic heterocycles. The van der Waals surface area contributed by atoms with Gasteiger partial charge >= 0.3 is 12.3 Å². The van der Waals surface area contributed by atoms with Gasteiger partial charge in [0.15, 0.2) is 0 Å². The van der Waals surface area contributed by atoms with Gasteiger partial charge in [0.1, 0.15) is 11.9 Å². The van der Waals surface area contributed by atoms with Crippen LogP contribution in [-0.2, 0) is 9.59 Å². The number of H-pyrrole nitrogens is 1. The second-order valence-corrected chi connectivity index (χ2v) is 4.70. The van der Waals surface area contributed by atoms with Gasteiger partial charge in [0.25, 0.3) is 11.8 Å². The molecule has 0 bridgehead atoms. The molecular formula is C14H12F4N4O2. The molecular weight excluding hydrogens is 332 g/mol. The van der Waals surface area contributed by atoms with E-state index in [1.54, 1.807) is 11.4 Å². The van der Waals surface area contributed by atoms with Crippen molar-refractivity contribution in [3.05, 3.63) is 48.2 Å². The fourth-order valence-corrected chi connectivity index (χ4v) is 1.80. The van der Waals surface area contributed by atoms with E-state index >= 15 is 0 Å². The molecule has 1 aromatic carbocycles. The van der Waals surface area contributed by atoms with Crippen molar-refractivity contribution in [3.8, 4) is 0 Å². The number of alkyl halides is 4. The highest BCUT2D eigenvalue weighted by atomic mass is 19.3. The summed E-state index contributed by atoms with van der Waals surface area (Å²) in [6, 6.07) is 7.17. The molecule has 0 radical (unpaired) electrons. The molecule has 0 unspecified atom stereocenters. The normalized spacial score (nSPS) is 12.7. The highest BCUT2D eigenvalue weighted by molar-refractivity contribution is 5.98. The van der Waals surface area contributed by atoms with E-state index in [-0.39, 0.29) is 11.4 Å². The summed E-state index contributed by atoms with van der Waals surface area (Å²) in [7, 11) is 0. The molecule has 0 spiro atoms. The maximum absolute atomic E-state index is 13.1. The fraction of sp³-hybridized carbons (Fsp3) is 0.214. The quantitative estimate of drug-likeness (QED) is 0.702. The van der Waals surface area contributed by atoms with Gasteiger partial charge < -0.3 is 10.6 Å². The van der Waals surface area contributed by atoms with E-state index in [9.17, 15) is 27.2 Å².